The van der Waals surface area contributed by atoms with Crippen LogP contribution in [0.15, 0.2) is 23.1 Å². The zero-order chi connectivity index (χ0) is 14.8. The molecule has 0 unspecified atom stereocenters. The first-order chi connectivity index (χ1) is 9.50. The van der Waals surface area contributed by atoms with Gasteiger partial charge in [-0.2, -0.15) is 4.31 Å². The Hall–Kier alpha value is -0.660. The van der Waals surface area contributed by atoms with Gasteiger partial charge in [-0.1, -0.05) is 11.6 Å². The van der Waals surface area contributed by atoms with Crippen LogP contribution in [0.2, 0.25) is 5.02 Å². The molecule has 5 nitrogen and oxygen atoms in total. The van der Waals surface area contributed by atoms with Crippen molar-refractivity contribution in [1.29, 1.82) is 0 Å². The maximum absolute atomic E-state index is 12.6. The van der Waals surface area contributed by atoms with Gasteiger partial charge in [-0.3, -0.25) is 0 Å². The number of rotatable bonds is 7. The van der Waals surface area contributed by atoms with Crippen molar-refractivity contribution in [3.05, 3.63) is 28.8 Å². The van der Waals surface area contributed by atoms with E-state index in [-0.39, 0.29) is 17.5 Å². The third-order valence-corrected chi connectivity index (χ3v) is 5.58. The van der Waals surface area contributed by atoms with E-state index in [0.717, 1.165) is 12.8 Å². The molecule has 7 heteroatoms. The van der Waals surface area contributed by atoms with E-state index >= 15 is 0 Å². The van der Waals surface area contributed by atoms with Crippen LogP contribution >= 0.6 is 11.6 Å². The quantitative estimate of drug-likeness (QED) is 0.829. The molecule has 20 heavy (non-hydrogen) atoms. The summed E-state index contributed by atoms with van der Waals surface area (Å²) < 4.78 is 31.7. The maximum atomic E-state index is 12.6. The predicted molar refractivity (Wildman–Crippen MR) is 76.2 cm³/mol. The minimum absolute atomic E-state index is 0.0587. The summed E-state index contributed by atoms with van der Waals surface area (Å²) in [6, 6.07) is 4.46. The lowest BCUT2D eigenvalue weighted by atomic mass is 10.2. The van der Waals surface area contributed by atoms with E-state index in [1.54, 1.807) is 7.11 Å². The van der Waals surface area contributed by atoms with Crippen molar-refractivity contribution in [3.8, 4) is 0 Å². The van der Waals surface area contributed by atoms with Crippen molar-refractivity contribution < 1.29 is 18.3 Å². The summed E-state index contributed by atoms with van der Waals surface area (Å²) in [6.45, 7) is 0.403. The second-order valence-electron chi connectivity index (χ2n) is 4.75. The molecule has 0 atom stereocenters. The van der Waals surface area contributed by atoms with Crippen molar-refractivity contribution in [2.45, 2.75) is 30.4 Å². The van der Waals surface area contributed by atoms with Gasteiger partial charge in [0.15, 0.2) is 0 Å². The van der Waals surface area contributed by atoms with Crippen LogP contribution in [0, 0.1) is 0 Å². The fourth-order valence-electron chi connectivity index (χ4n) is 2.01. The summed E-state index contributed by atoms with van der Waals surface area (Å²) in [6.07, 6.45) is 1.76. The Bertz CT molecular complexity index is 572. The Morgan fingerprint density at radius 2 is 2.15 bits per heavy atom. The van der Waals surface area contributed by atoms with Crippen molar-refractivity contribution in [1.82, 2.24) is 4.31 Å². The van der Waals surface area contributed by atoms with Gasteiger partial charge >= 0.3 is 0 Å². The molecule has 1 aromatic carbocycles. The van der Waals surface area contributed by atoms with Crippen molar-refractivity contribution >= 4 is 21.6 Å². The molecular formula is C13H18ClNO4S. The largest absolute Gasteiger partial charge is 0.392 e. The van der Waals surface area contributed by atoms with Gasteiger partial charge < -0.3 is 9.84 Å². The Labute approximate surface area is 124 Å². The first-order valence-electron chi connectivity index (χ1n) is 6.40. The predicted octanol–water partition coefficient (Wildman–Crippen LogP) is 1.63. The van der Waals surface area contributed by atoms with Crippen LogP contribution in [-0.4, -0.2) is 44.1 Å². The lowest BCUT2D eigenvalue weighted by molar-refractivity contribution is 0.177. The lowest BCUT2D eigenvalue weighted by Crippen LogP contribution is -2.35. The van der Waals surface area contributed by atoms with E-state index in [1.165, 1.54) is 22.5 Å². The number of benzene rings is 1. The van der Waals surface area contributed by atoms with Gasteiger partial charge in [0.25, 0.3) is 0 Å². The summed E-state index contributed by atoms with van der Waals surface area (Å²) in [4.78, 5) is 0.161. The maximum Gasteiger partial charge on any atom is 0.243 e. The summed E-state index contributed by atoms with van der Waals surface area (Å²) in [7, 11) is -2.03. The van der Waals surface area contributed by atoms with Crippen LogP contribution in [-0.2, 0) is 21.4 Å². The number of methoxy groups -OCH3 is 1. The van der Waals surface area contributed by atoms with E-state index in [1.807, 2.05) is 0 Å². The average molecular weight is 320 g/mol. The first-order valence-corrected chi connectivity index (χ1v) is 8.22. The zero-order valence-electron chi connectivity index (χ0n) is 11.3. The van der Waals surface area contributed by atoms with Gasteiger partial charge in [0.1, 0.15) is 0 Å². The molecular weight excluding hydrogens is 302 g/mol. The smallest absolute Gasteiger partial charge is 0.243 e. The molecule has 1 N–H and O–H groups in total. The van der Waals surface area contributed by atoms with Gasteiger partial charge in [-0.25, -0.2) is 8.42 Å². The van der Waals surface area contributed by atoms with Gasteiger partial charge in [-0.15, -0.1) is 0 Å². The zero-order valence-corrected chi connectivity index (χ0v) is 12.8. The van der Waals surface area contributed by atoms with Gasteiger partial charge in [0, 0.05) is 24.7 Å². The van der Waals surface area contributed by atoms with Crippen LogP contribution in [0.4, 0.5) is 0 Å². The average Bonchev–Trinajstić information content (AvgIpc) is 3.24. The minimum Gasteiger partial charge on any atom is -0.392 e. The molecule has 1 aliphatic carbocycles. The highest BCUT2D eigenvalue weighted by Crippen LogP contribution is 2.32. The monoisotopic (exact) mass is 319 g/mol. The number of sulfonamides is 1. The summed E-state index contributed by atoms with van der Waals surface area (Å²) in [5.74, 6) is 0. The third kappa shape index (κ3) is 3.32. The minimum atomic E-state index is -3.58. The van der Waals surface area contributed by atoms with Gasteiger partial charge in [-0.05, 0) is 36.6 Å². The van der Waals surface area contributed by atoms with Crippen LogP contribution in [0.3, 0.4) is 0 Å². The molecule has 1 aliphatic rings. The molecule has 0 spiro atoms. The Morgan fingerprint density at radius 1 is 1.45 bits per heavy atom. The second-order valence-corrected chi connectivity index (χ2v) is 7.05. The van der Waals surface area contributed by atoms with Crippen molar-refractivity contribution in [2.75, 3.05) is 20.3 Å². The van der Waals surface area contributed by atoms with Crippen molar-refractivity contribution in [2.24, 2.45) is 0 Å². The Balaban J connectivity index is 2.32. The number of nitrogens with zero attached hydrogens (tertiary/aromatic N) is 1. The SMILES string of the molecule is COCCN(C1CC1)S(=O)(=O)c1ccc(Cl)c(CO)c1. The van der Waals surface area contributed by atoms with E-state index in [9.17, 15) is 13.5 Å². The molecule has 0 amide bonds. The number of halogens is 1. The van der Waals surface area contributed by atoms with E-state index in [2.05, 4.69) is 0 Å². The van der Waals surface area contributed by atoms with Crippen LogP contribution in [0.5, 0.6) is 0 Å². The number of hydrogen-bond donors (Lipinski definition) is 1. The molecule has 1 saturated carbocycles. The molecule has 112 valence electrons. The molecule has 1 fully saturated rings. The number of aliphatic hydroxyl groups is 1. The molecule has 2 rings (SSSR count). The standard InChI is InChI=1S/C13H18ClNO4S/c1-19-7-6-15(11-2-3-11)20(17,18)12-4-5-13(14)10(8-12)9-16/h4-5,8,11,16H,2-3,6-7,9H2,1H3. The molecule has 0 saturated heterocycles. The van der Waals surface area contributed by atoms with Crippen molar-refractivity contribution in [3.63, 3.8) is 0 Å². The third-order valence-electron chi connectivity index (χ3n) is 3.26. The topological polar surface area (TPSA) is 66.8 Å². The van der Waals surface area contributed by atoms with E-state index < -0.39 is 10.0 Å². The number of hydrogen-bond acceptors (Lipinski definition) is 4. The number of aliphatic hydroxyl groups excluding tert-OH is 1. The van der Waals surface area contributed by atoms with Crippen LogP contribution < -0.4 is 0 Å². The number of ether oxygens (including phenoxy) is 1. The molecule has 0 heterocycles. The highest BCUT2D eigenvalue weighted by Gasteiger charge is 2.37. The second kappa shape index (κ2) is 6.41. The highest BCUT2D eigenvalue weighted by atomic mass is 35.5. The summed E-state index contributed by atoms with van der Waals surface area (Å²) in [5, 5.41) is 9.56. The Morgan fingerprint density at radius 3 is 2.70 bits per heavy atom. The summed E-state index contributed by atoms with van der Waals surface area (Å²) in [5.41, 5.74) is 0.412. The van der Waals surface area contributed by atoms with E-state index in [0.29, 0.717) is 23.7 Å². The van der Waals surface area contributed by atoms with E-state index in [4.69, 9.17) is 16.3 Å². The lowest BCUT2D eigenvalue weighted by Gasteiger charge is -2.22. The molecule has 1 aromatic rings. The summed E-state index contributed by atoms with van der Waals surface area (Å²) >= 11 is 5.90. The fraction of sp³-hybridized carbons (Fsp3) is 0.538. The van der Waals surface area contributed by atoms with Crippen LogP contribution in [0.25, 0.3) is 0 Å². The van der Waals surface area contributed by atoms with Crippen LogP contribution in [0.1, 0.15) is 18.4 Å². The van der Waals surface area contributed by atoms with Gasteiger partial charge in [0.2, 0.25) is 10.0 Å². The molecule has 0 radical (unpaired) electrons. The Kier molecular flexibility index (Phi) is 5.04. The molecule has 0 aromatic heterocycles. The fourth-order valence-corrected chi connectivity index (χ4v) is 3.91. The normalized spacial score (nSPS) is 15.8. The van der Waals surface area contributed by atoms with Gasteiger partial charge in [0.05, 0.1) is 18.1 Å². The molecule has 0 bridgehead atoms. The highest BCUT2D eigenvalue weighted by molar-refractivity contribution is 7.89. The molecule has 0 aliphatic heterocycles. The first kappa shape index (κ1) is 15.7.